The third kappa shape index (κ3) is 2.72. The van der Waals surface area contributed by atoms with Gasteiger partial charge in [0.15, 0.2) is 0 Å². The van der Waals surface area contributed by atoms with E-state index in [1.165, 1.54) is 28.2 Å². The van der Waals surface area contributed by atoms with Gasteiger partial charge in [-0.15, -0.1) is 11.3 Å². The summed E-state index contributed by atoms with van der Waals surface area (Å²) in [5, 5.41) is 11.2. The predicted octanol–water partition coefficient (Wildman–Crippen LogP) is 4.08. The highest BCUT2D eigenvalue weighted by Gasteiger charge is 2.30. The summed E-state index contributed by atoms with van der Waals surface area (Å²) in [6, 6.07) is 6.84. The first-order valence-corrected chi connectivity index (χ1v) is 8.79. The van der Waals surface area contributed by atoms with Crippen molar-refractivity contribution in [1.82, 2.24) is 20.3 Å². The Hall–Kier alpha value is -1.92. The van der Waals surface area contributed by atoms with Crippen LogP contribution in [0.4, 0.5) is 0 Å². The van der Waals surface area contributed by atoms with Crippen LogP contribution in [-0.2, 0) is 6.54 Å². The number of aryl methyl sites for hydroxylation is 2. The summed E-state index contributed by atoms with van der Waals surface area (Å²) in [6.07, 6.45) is 4.21. The van der Waals surface area contributed by atoms with E-state index < -0.39 is 0 Å². The van der Waals surface area contributed by atoms with Gasteiger partial charge in [-0.1, -0.05) is 5.16 Å². The molecule has 1 atom stereocenters. The fourth-order valence-corrected chi connectivity index (χ4v) is 4.52. The molecular formula is C17H20N4OS. The van der Waals surface area contributed by atoms with Gasteiger partial charge in [-0.25, -0.2) is 0 Å². The van der Waals surface area contributed by atoms with Crippen molar-refractivity contribution in [3.63, 3.8) is 0 Å². The van der Waals surface area contributed by atoms with Crippen LogP contribution < -0.4 is 0 Å². The molecule has 3 aromatic heterocycles. The Labute approximate surface area is 139 Å². The number of H-pyrrole nitrogens is 1. The van der Waals surface area contributed by atoms with Crippen LogP contribution in [0.2, 0.25) is 0 Å². The molecule has 1 N–H and O–H groups in total. The van der Waals surface area contributed by atoms with Crippen molar-refractivity contribution < 1.29 is 4.52 Å². The predicted molar refractivity (Wildman–Crippen MR) is 90.3 cm³/mol. The Bertz CT molecular complexity index is 770. The maximum absolute atomic E-state index is 5.37. The molecule has 0 unspecified atom stereocenters. The molecule has 4 heterocycles. The first-order chi connectivity index (χ1) is 11.2. The van der Waals surface area contributed by atoms with E-state index in [-0.39, 0.29) is 0 Å². The van der Waals surface area contributed by atoms with E-state index >= 15 is 0 Å². The van der Waals surface area contributed by atoms with Crippen LogP contribution in [0, 0.1) is 13.8 Å². The van der Waals surface area contributed by atoms with Gasteiger partial charge in [0, 0.05) is 29.2 Å². The van der Waals surface area contributed by atoms with Crippen molar-refractivity contribution >= 4 is 11.3 Å². The zero-order valence-corrected chi connectivity index (χ0v) is 14.2. The lowest BCUT2D eigenvalue weighted by atomic mass is 10.0. The van der Waals surface area contributed by atoms with Gasteiger partial charge in [0.05, 0.1) is 16.3 Å². The molecule has 0 bridgehead atoms. The molecular weight excluding hydrogens is 308 g/mol. The summed E-state index contributed by atoms with van der Waals surface area (Å²) in [5.41, 5.74) is 3.40. The van der Waals surface area contributed by atoms with Gasteiger partial charge in [-0.3, -0.25) is 10.00 Å². The minimum atomic E-state index is 0.430. The molecule has 3 aromatic rings. The second-order valence-electron chi connectivity index (χ2n) is 6.10. The average Bonchev–Trinajstić information content (AvgIpc) is 3.29. The molecule has 1 fully saturated rings. The van der Waals surface area contributed by atoms with Crippen molar-refractivity contribution in [2.24, 2.45) is 0 Å². The molecule has 0 aliphatic carbocycles. The second-order valence-corrected chi connectivity index (χ2v) is 7.27. The van der Waals surface area contributed by atoms with Crippen molar-refractivity contribution in [1.29, 1.82) is 0 Å². The average molecular weight is 328 g/mol. The minimum absolute atomic E-state index is 0.430. The lowest BCUT2D eigenvalue weighted by Gasteiger charge is -2.23. The Balaban J connectivity index is 1.54. The maximum Gasteiger partial charge on any atom is 0.138 e. The van der Waals surface area contributed by atoms with Gasteiger partial charge in [0.25, 0.3) is 0 Å². The highest BCUT2D eigenvalue weighted by Crippen LogP contribution is 2.37. The van der Waals surface area contributed by atoms with Crippen LogP contribution in [0.1, 0.15) is 40.8 Å². The number of thiophene rings is 1. The molecule has 120 valence electrons. The van der Waals surface area contributed by atoms with E-state index in [9.17, 15) is 0 Å². The van der Waals surface area contributed by atoms with E-state index in [2.05, 4.69) is 32.4 Å². The molecule has 0 radical (unpaired) electrons. The summed E-state index contributed by atoms with van der Waals surface area (Å²) in [4.78, 5) is 5.17. The molecule has 0 aromatic carbocycles. The largest absolute Gasteiger partial charge is 0.361 e. The van der Waals surface area contributed by atoms with Gasteiger partial charge in [0.1, 0.15) is 5.76 Å². The van der Waals surface area contributed by atoms with Crippen molar-refractivity contribution in [3.8, 4) is 10.6 Å². The van der Waals surface area contributed by atoms with Crippen LogP contribution in [0.5, 0.6) is 0 Å². The van der Waals surface area contributed by atoms with Crippen molar-refractivity contribution in [3.05, 3.63) is 46.3 Å². The number of aromatic amines is 1. The molecule has 1 aliphatic heterocycles. The third-order valence-corrected chi connectivity index (χ3v) is 5.68. The fourth-order valence-electron chi connectivity index (χ4n) is 3.51. The van der Waals surface area contributed by atoms with E-state index in [0.717, 1.165) is 30.2 Å². The van der Waals surface area contributed by atoms with Crippen molar-refractivity contribution in [2.75, 3.05) is 6.54 Å². The zero-order chi connectivity index (χ0) is 15.8. The van der Waals surface area contributed by atoms with E-state index in [1.54, 1.807) is 6.20 Å². The number of rotatable bonds is 4. The summed E-state index contributed by atoms with van der Waals surface area (Å²) in [6.45, 7) is 6.18. The van der Waals surface area contributed by atoms with Gasteiger partial charge < -0.3 is 4.52 Å². The SMILES string of the molecule is Cc1noc(C)c1[C@H]1CCCN1Cc1ccc(-c2ccn[nH]2)s1. The normalized spacial score (nSPS) is 18.8. The maximum atomic E-state index is 5.37. The van der Waals surface area contributed by atoms with Crippen LogP contribution in [-0.4, -0.2) is 26.8 Å². The summed E-state index contributed by atoms with van der Waals surface area (Å²) >= 11 is 1.83. The summed E-state index contributed by atoms with van der Waals surface area (Å²) < 4.78 is 5.37. The first-order valence-electron chi connectivity index (χ1n) is 7.97. The number of hydrogen-bond acceptors (Lipinski definition) is 5. The molecule has 0 saturated carbocycles. The quantitative estimate of drug-likeness (QED) is 0.784. The van der Waals surface area contributed by atoms with Gasteiger partial charge in [-0.05, 0) is 51.4 Å². The number of nitrogens with zero attached hydrogens (tertiary/aromatic N) is 3. The lowest BCUT2D eigenvalue weighted by Crippen LogP contribution is -2.23. The first kappa shape index (κ1) is 14.7. The third-order valence-electron chi connectivity index (χ3n) is 4.57. The standard InChI is InChI=1S/C17H20N4OS/c1-11-17(12(2)22-20-11)15-4-3-9-21(15)10-13-5-6-16(23-13)14-7-8-18-19-14/h5-8,15H,3-4,9-10H2,1-2H3,(H,18,19)/t15-/m1/s1. The molecule has 1 saturated heterocycles. The van der Waals surface area contributed by atoms with Gasteiger partial charge in [-0.2, -0.15) is 5.10 Å². The number of likely N-dealkylation sites (tertiary alicyclic amines) is 1. The van der Waals surface area contributed by atoms with Crippen molar-refractivity contribution in [2.45, 2.75) is 39.3 Å². The smallest absolute Gasteiger partial charge is 0.138 e. The minimum Gasteiger partial charge on any atom is -0.361 e. The molecule has 4 rings (SSSR count). The molecule has 0 amide bonds. The highest BCUT2D eigenvalue weighted by atomic mass is 32.1. The van der Waals surface area contributed by atoms with Crippen LogP contribution >= 0.6 is 11.3 Å². The number of aromatic nitrogens is 3. The van der Waals surface area contributed by atoms with Crippen LogP contribution in [0.15, 0.2) is 28.9 Å². The summed E-state index contributed by atoms with van der Waals surface area (Å²) in [7, 11) is 0. The monoisotopic (exact) mass is 328 g/mol. The Kier molecular flexibility index (Phi) is 3.79. The van der Waals surface area contributed by atoms with Crippen LogP contribution in [0.3, 0.4) is 0 Å². The Morgan fingerprint density at radius 1 is 1.35 bits per heavy atom. The number of nitrogens with one attached hydrogen (secondary N) is 1. The fraction of sp³-hybridized carbons (Fsp3) is 0.412. The van der Waals surface area contributed by atoms with E-state index in [4.69, 9.17) is 4.52 Å². The Morgan fingerprint density at radius 2 is 2.26 bits per heavy atom. The topological polar surface area (TPSA) is 58.0 Å². The number of hydrogen-bond donors (Lipinski definition) is 1. The van der Waals surface area contributed by atoms with Crippen LogP contribution in [0.25, 0.3) is 10.6 Å². The second kappa shape index (κ2) is 5.94. The molecule has 1 aliphatic rings. The zero-order valence-electron chi connectivity index (χ0n) is 13.4. The van der Waals surface area contributed by atoms with Gasteiger partial charge >= 0.3 is 0 Å². The molecule has 0 spiro atoms. The summed E-state index contributed by atoms with van der Waals surface area (Å²) in [5.74, 6) is 0.962. The van der Waals surface area contributed by atoms with E-state index in [1.807, 2.05) is 31.3 Å². The Morgan fingerprint density at radius 3 is 3.00 bits per heavy atom. The van der Waals surface area contributed by atoms with Gasteiger partial charge in [0.2, 0.25) is 0 Å². The lowest BCUT2D eigenvalue weighted by molar-refractivity contribution is 0.248. The van der Waals surface area contributed by atoms with E-state index in [0.29, 0.717) is 6.04 Å². The highest BCUT2D eigenvalue weighted by molar-refractivity contribution is 7.15. The molecule has 6 heteroatoms. The molecule has 23 heavy (non-hydrogen) atoms. The molecule has 5 nitrogen and oxygen atoms in total.